The van der Waals surface area contributed by atoms with Gasteiger partial charge in [-0.2, -0.15) is 0 Å². The number of hydrogen-bond donors (Lipinski definition) is 0. The SMILES string of the molecule is B.c1ccncc1.c1ccncc1. The molecule has 2 aromatic rings. The first-order chi connectivity index (χ1) is 6.00. The van der Waals surface area contributed by atoms with Gasteiger partial charge in [-0.1, -0.05) is 12.1 Å². The van der Waals surface area contributed by atoms with Crippen LogP contribution in [0, 0.1) is 0 Å². The molecule has 0 aliphatic heterocycles. The molecule has 0 saturated heterocycles. The molecular formula is C10H13BN2. The van der Waals surface area contributed by atoms with E-state index in [1.807, 2.05) is 36.4 Å². The normalized spacial score (nSPS) is 7.38. The van der Waals surface area contributed by atoms with Gasteiger partial charge in [0.1, 0.15) is 0 Å². The summed E-state index contributed by atoms with van der Waals surface area (Å²) in [7, 11) is 0. The van der Waals surface area contributed by atoms with Gasteiger partial charge in [-0.05, 0) is 24.3 Å². The molecule has 0 N–H and O–H groups in total. The molecule has 0 atom stereocenters. The van der Waals surface area contributed by atoms with Gasteiger partial charge in [0.25, 0.3) is 0 Å². The Morgan fingerprint density at radius 3 is 0.846 bits per heavy atom. The van der Waals surface area contributed by atoms with Crippen LogP contribution in [0.25, 0.3) is 0 Å². The van der Waals surface area contributed by atoms with Crippen LogP contribution in [0.15, 0.2) is 61.2 Å². The Hall–Kier alpha value is -1.64. The maximum absolute atomic E-state index is 3.78. The second-order valence-corrected chi connectivity index (χ2v) is 2.05. The van der Waals surface area contributed by atoms with Gasteiger partial charge in [-0.15, -0.1) is 0 Å². The maximum atomic E-state index is 3.78. The van der Waals surface area contributed by atoms with E-state index >= 15 is 0 Å². The van der Waals surface area contributed by atoms with Crippen LogP contribution >= 0.6 is 0 Å². The predicted octanol–water partition coefficient (Wildman–Crippen LogP) is 0.979. The zero-order valence-corrected chi connectivity index (χ0v) is 6.67. The van der Waals surface area contributed by atoms with Gasteiger partial charge in [0.2, 0.25) is 0 Å². The molecule has 0 unspecified atom stereocenters. The van der Waals surface area contributed by atoms with E-state index < -0.39 is 0 Å². The van der Waals surface area contributed by atoms with Gasteiger partial charge in [0.05, 0.1) is 8.41 Å². The largest absolute Gasteiger partial charge is 0.265 e. The summed E-state index contributed by atoms with van der Waals surface area (Å²) in [4.78, 5) is 7.57. The Kier molecular flexibility index (Phi) is 7.40. The van der Waals surface area contributed by atoms with E-state index in [4.69, 9.17) is 0 Å². The summed E-state index contributed by atoms with van der Waals surface area (Å²) in [5, 5.41) is 0. The summed E-state index contributed by atoms with van der Waals surface area (Å²) in [6.45, 7) is 0. The molecule has 0 aliphatic rings. The van der Waals surface area contributed by atoms with E-state index in [-0.39, 0.29) is 8.41 Å². The van der Waals surface area contributed by atoms with Crippen LogP contribution in [0.2, 0.25) is 0 Å². The van der Waals surface area contributed by atoms with Gasteiger partial charge < -0.3 is 0 Å². The van der Waals surface area contributed by atoms with Crippen molar-refractivity contribution >= 4 is 8.41 Å². The minimum atomic E-state index is 0. The quantitative estimate of drug-likeness (QED) is 0.553. The highest BCUT2D eigenvalue weighted by atomic mass is 14.6. The molecule has 2 nitrogen and oxygen atoms in total. The summed E-state index contributed by atoms with van der Waals surface area (Å²) in [6.07, 6.45) is 7.00. The average molecular weight is 172 g/mol. The van der Waals surface area contributed by atoms with E-state index in [1.165, 1.54) is 0 Å². The van der Waals surface area contributed by atoms with E-state index in [1.54, 1.807) is 24.8 Å². The Morgan fingerprint density at radius 1 is 0.462 bits per heavy atom. The van der Waals surface area contributed by atoms with Crippen LogP contribution in [-0.2, 0) is 0 Å². The van der Waals surface area contributed by atoms with Gasteiger partial charge in [0.15, 0.2) is 0 Å². The highest BCUT2D eigenvalue weighted by Gasteiger charge is 1.59. The fourth-order valence-electron chi connectivity index (χ4n) is 0.625. The molecular weight excluding hydrogens is 159 g/mol. The van der Waals surface area contributed by atoms with Crippen molar-refractivity contribution in [3.63, 3.8) is 0 Å². The molecule has 0 fully saturated rings. The number of hydrogen-bond acceptors (Lipinski definition) is 2. The fourth-order valence-corrected chi connectivity index (χ4v) is 0.625. The lowest BCUT2D eigenvalue weighted by molar-refractivity contribution is 1.33. The molecule has 0 radical (unpaired) electrons. The van der Waals surface area contributed by atoms with Crippen LogP contribution in [-0.4, -0.2) is 18.4 Å². The Labute approximate surface area is 80.3 Å². The second-order valence-electron chi connectivity index (χ2n) is 2.05. The maximum Gasteiger partial charge on any atom is 0.0814 e. The lowest BCUT2D eigenvalue weighted by Crippen LogP contribution is -1.58. The number of rotatable bonds is 0. The minimum absolute atomic E-state index is 0. The van der Waals surface area contributed by atoms with Crippen LogP contribution < -0.4 is 0 Å². The standard InChI is InChI=1S/2C5H5N.BH3/c2*1-2-4-6-5-3-1;/h2*1-5H;1H3. The van der Waals surface area contributed by atoms with Crippen molar-refractivity contribution in [3.8, 4) is 0 Å². The Balaban J connectivity index is 0.000000206. The number of pyridine rings is 2. The molecule has 3 heteroatoms. The molecule has 2 aromatic heterocycles. The van der Waals surface area contributed by atoms with Gasteiger partial charge in [-0.3, -0.25) is 9.97 Å². The summed E-state index contributed by atoms with van der Waals surface area (Å²) >= 11 is 0. The van der Waals surface area contributed by atoms with Crippen LogP contribution in [0.1, 0.15) is 0 Å². The number of nitrogens with zero attached hydrogens (tertiary/aromatic N) is 2. The smallest absolute Gasteiger partial charge is 0.0814 e. The molecule has 0 saturated carbocycles. The van der Waals surface area contributed by atoms with Gasteiger partial charge in [0, 0.05) is 24.8 Å². The molecule has 2 rings (SSSR count). The van der Waals surface area contributed by atoms with Crippen LogP contribution in [0.5, 0.6) is 0 Å². The Morgan fingerprint density at radius 2 is 0.769 bits per heavy atom. The lowest BCUT2D eigenvalue weighted by Gasteiger charge is -1.70. The third kappa shape index (κ3) is 6.75. The third-order valence-electron chi connectivity index (χ3n) is 1.13. The zero-order valence-electron chi connectivity index (χ0n) is 6.67. The fraction of sp³-hybridized carbons (Fsp3) is 0. The lowest BCUT2D eigenvalue weighted by atomic mass is 10.5. The van der Waals surface area contributed by atoms with Crippen LogP contribution in [0.3, 0.4) is 0 Å². The summed E-state index contributed by atoms with van der Waals surface area (Å²) in [6, 6.07) is 11.4. The van der Waals surface area contributed by atoms with E-state index in [0.29, 0.717) is 0 Å². The Bertz CT molecular complexity index is 188. The zero-order chi connectivity index (χ0) is 8.49. The van der Waals surface area contributed by atoms with E-state index in [0.717, 1.165) is 0 Å². The molecule has 0 spiro atoms. The van der Waals surface area contributed by atoms with Gasteiger partial charge >= 0.3 is 0 Å². The predicted molar refractivity (Wildman–Crippen MR) is 58.4 cm³/mol. The van der Waals surface area contributed by atoms with Crippen molar-refractivity contribution in [2.45, 2.75) is 0 Å². The summed E-state index contributed by atoms with van der Waals surface area (Å²) < 4.78 is 0. The van der Waals surface area contributed by atoms with Crippen molar-refractivity contribution in [3.05, 3.63) is 61.2 Å². The molecule has 0 aromatic carbocycles. The van der Waals surface area contributed by atoms with Crippen molar-refractivity contribution in [2.75, 3.05) is 0 Å². The summed E-state index contributed by atoms with van der Waals surface area (Å²) in [5.41, 5.74) is 0. The molecule has 0 amide bonds. The summed E-state index contributed by atoms with van der Waals surface area (Å²) in [5.74, 6) is 0. The highest BCUT2D eigenvalue weighted by Crippen LogP contribution is 1.74. The number of aromatic nitrogens is 2. The topological polar surface area (TPSA) is 25.8 Å². The molecule has 66 valence electrons. The van der Waals surface area contributed by atoms with Crippen molar-refractivity contribution in [2.24, 2.45) is 0 Å². The van der Waals surface area contributed by atoms with Crippen molar-refractivity contribution < 1.29 is 0 Å². The first kappa shape index (κ1) is 11.4. The second kappa shape index (κ2) is 8.46. The highest BCUT2D eigenvalue weighted by molar-refractivity contribution is 5.75. The first-order valence-electron chi connectivity index (χ1n) is 3.70. The van der Waals surface area contributed by atoms with E-state index in [9.17, 15) is 0 Å². The molecule has 2 heterocycles. The average Bonchev–Trinajstić information content (AvgIpc) is 2.24. The van der Waals surface area contributed by atoms with E-state index in [2.05, 4.69) is 9.97 Å². The molecule has 0 aliphatic carbocycles. The van der Waals surface area contributed by atoms with Gasteiger partial charge in [-0.25, -0.2) is 0 Å². The van der Waals surface area contributed by atoms with Crippen LogP contribution in [0.4, 0.5) is 0 Å². The molecule has 0 bridgehead atoms. The van der Waals surface area contributed by atoms with Crippen molar-refractivity contribution in [1.82, 2.24) is 9.97 Å². The molecule has 13 heavy (non-hydrogen) atoms. The monoisotopic (exact) mass is 172 g/mol. The van der Waals surface area contributed by atoms with Crippen molar-refractivity contribution in [1.29, 1.82) is 0 Å². The minimum Gasteiger partial charge on any atom is -0.265 e. The first-order valence-corrected chi connectivity index (χ1v) is 3.70. The third-order valence-corrected chi connectivity index (χ3v) is 1.13.